The van der Waals surface area contributed by atoms with E-state index in [1.807, 2.05) is 12.1 Å². The Morgan fingerprint density at radius 1 is 1.03 bits per heavy atom. The maximum Gasteiger partial charge on any atom is 0.349 e. The van der Waals surface area contributed by atoms with Crippen LogP contribution in [0.25, 0.3) is 0 Å². The molecule has 1 amide bonds. The molecule has 0 aliphatic heterocycles. The molecule has 1 aromatic carbocycles. The molecular formula is C21H34N2O6. The topological polar surface area (TPSA) is 109 Å². The van der Waals surface area contributed by atoms with Gasteiger partial charge in [0.25, 0.3) is 0 Å². The van der Waals surface area contributed by atoms with Crippen LogP contribution in [0.15, 0.2) is 24.3 Å². The van der Waals surface area contributed by atoms with Gasteiger partial charge < -0.3 is 20.5 Å². The Morgan fingerprint density at radius 2 is 1.76 bits per heavy atom. The minimum atomic E-state index is -0.941. The molecule has 2 atom stereocenters. The minimum absolute atomic E-state index is 0.0858. The monoisotopic (exact) mass is 410 g/mol. The number of carbonyl (C=O) groups excluding carboxylic acids is 2. The first-order valence-electron chi connectivity index (χ1n) is 10.2. The lowest BCUT2D eigenvalue weighted by molar-refractivity contribution is -0.299. The molecular weight excluding hydrogens is 376 g/mol. The van der Waals surface area contributed by atoms with Crippen LogP contribution in [-0.2, 0) is 30.5 Å². The zero-order chi connectivity index (χ0) is 21.5. The van der Waals surface area contributed by atoms with Crippen molar-refractivity contribution in [3.63, 3.8) is 0 Å². The molecule has 3 N–H and O–H groups in total. The fraction of sp³-hybridized carbons (Fsp3) is 0.619. The number of ether oxygens (including phenoxy) is 2. The van der Waals surface area contributed by atoms with Crippen LogP contribution in [0.4, 0.5) is 0 Å². The maximum absolute atomic E-state index is 12.0. The second kappa shape index (κ2) is 14.8. The van der Waals surface area contributed by atoms with Gasteiger partial charge in [-0.2, -0.15) is 0 Å². The van der Waals surface area contributed by atoms with Crippen molar-refractivity contribution in [3.05, 3.63) is 29.8 Å². The molecule has 29 heavy (non-hydrogen) atoms. The molecule has 0 aliphatic rings. The summed E-state index contributed by atoms with van der Waals surface area (Å²) in [6, 6.07) is 6.44. The minimum Gasteiger partial charge on any atom is -0.476 e. The van der Waals surface area contributed by atoms with Gasteiger partial charge in [-0.3, -0.25) is 4.79 Å². The SMILES string of the molecule is CCCCCNC(=O)C(N)Cc1ccc(OC(COOCC)C(=O)OCC)cc1. The summed E-state index contributed by atoms with van der Waals surface area (Å²) in [5.74, 6) is -0.209. The van der Waals surface area contributed by atoms with Gasteiger partial charge in [0.15, 0.2) is 0 Å². The van der Waals surface area contributed by atoms with E-state index in [1.54, 1.807) is 26.0 Å². The fourth-order valence-electron chi connectivity index (χ4n) is 2.51. The van der Waals surface area contributed by atoms with Gasteiger partial charge in [0.05, 0.1) is 19.3 Å². The second-order valence-corrected chi connectivity index (χ2v) is 6.50. The smallest absolute Gasteiger partial charge is 0.349 e. The van der Waals surface area contributed by atoms with Gasteiger partial charge in [0, 0.05) is 6.54 Å². The van der Waals surface area contributed by atoms with Crippen LogP contribution in [0.2, 0.25) is 0 Å². The normalized spacial score (nSPS) is 12.8. The van der Waals surface area contributed by atoms with Crippen molar-refractivity contribution in [2.24, 2.45) is 5.73 Å². The Bertz CT molecular complexity index is 593. The summed E-state index contributed by atoms with van der Waals surface area (Å²) in [7, 11) is 0. The van der Waals surface area contributed by atoms with Crippen molar-refractivity contribution in [2.45, 2.75) is 58.6 Å². The maximum atomic E-state index is 12.0. The molecule has 0 heterocycles. The predicted molar refractivity (Wildman–Crippen MR) is 109 cm³/mol. The first-order valence-corrected chi connectivity index (χ1v) is 10.2. The number of esters is 1. The van der Waals surface area contributed by atoms with Crippen molar-refractivity contribution in [1.29, 1.82) is 0 Å². The summed E-state index contributed by atoms with van der Waals surface area (Å²) in [6.07, 6.45) is 2.61. The summed E-state index contributed by atoms with van der Waals surface area (Å²) in [4.78, 5) is 33.8. The standard InChI is InChI=1S/C21H34N2O6/c1-4-7-8-13-23-20(24)18(22)14-16-9-11-17(12-10-16)29-19(15-28-27-6-3)21(25)26-5-2/h9-12,18-19H,4-8,13-15,22H2,1-3H3,(H,23,24). The number of hydrogen-bond donors (Lipinski definition) is 2. The van der Waals surface area contributed by atoms with Gasteiger partial charge >= 0.3 is 5.97 Å². The van der Waals surface area contributed by atoms with Crippen LogP contribution in [0.5, 0.6) is 5.75 Å². The number of unbranched alkanes of at least 4 members (excludes halogenated alkanes) is 2. The molecule has 0 fully saturated rings. The van der Waals surface area contributed by atoms with Crippen LogP contribution in [0.3, 0.4) is 0 Å². The lowest BCUT2D eigenvalue weighted by Crippen LogP contribution is -2.42. The van der Waals surface area contributed by atoms with Crippen molar-refractivity contribution >= 4 is 11.9 Å². The molecule has 0 aliphatic carbocycles. The summed E-state index contributed by atoms with van der Waals surface area (Å²) in [5, 5.41) is 2.86. The first kappa shape index (κ1) is 24.9. The molecule has 0 radical (unpaired) electrons. The molecule has 0 saturated heterocycles. The van der Waals surface area contributed by atoms with Crippen molar-refractivity contribution < 1.29 is 28.8 Å². The molecule has 1 rings (SSSR count). The zero-order valence-electron chi connectivity index (χ0n) is 17.6. The van der Waals surface area contributed by atoms with Gasteiger partial charge in [0.2, 0.25) is 12.0 Å². The van der Waals surface area contributed by atoms with E-state index in [0.29, 0.717) is 25.3 Å². The average Bonchev–Trinajstić information content (AvgIpc) is 2.71. The summed E-state index contributed by atoms with van der Waals surface area (Å²) < 4.78 is 10.7. The Kier molecular flexibility index (Phi) is 12.7. The van der Waals surface area contributed by atoms with Gasteiger partial charge in [-0.1, -0.05) is 31.9 Å². The van der Waals surface area contributed by atoms with E-state index < -0.39 is 18.1 Å². The summed E-state index contributed by atoms with van der Waals surface area (Å²) in [5.41, 5.74) is 6.88. The Hall–Kier alpha value is -2.16. The molecule has 164 valence electrons. The Balaban J connectivity index is 2.57. The lowest BCUT2D eigenvalue weighted by atomic mass is 10.1. The largest absolute Gasteiger partial charge is 0.476 e. The zero-order valence-corrected chi connectivity index (χ0v) is 17.6. The molecule has 2 unspecified atom stereocenters. The third kappa shape index (κ3) is 10.3. The second-order valence-electron chi connectivity index (χ2n) is 6.50. The quantitative estimate of drug-likeness (QED) is 0.197. The molecule has 8 heteroatoms. The highest BCUT2D eigenvalue weighted by Gasteiger charge is 2.23. The van der Waals surface area contributed by atoms with E-state index in [-0.39, 0.29) is 19.1 Å². The number of rotatable bonds is 15. The molecule has 0 bridgehead atoms. The molecule has 1 aromatic rings. The molecule has 8 nitrogen and oxygen atoms in total. The number of nitrogens with two attached hydrogens (primary N) is 1. The molecule has 0 spiro atoms. The van der Waals surface area contributed by atoms with Crippen LogP contribution in [-0.4, -0.2) is 50.4 Å². The molecule has 0 aromatic heterocycles. The lowest BCUT2D eigenvalue weighted by Gasteiger charge is -2.17. The number of benzene rings is 1. The summed E-state index contributed by atoms with van der Waals surface area (Å²) >= 11 is 0. The van der Waals surface area contributed by atoms with Crippen LogP contribution in [0, 0.1) is 0 Å². The van der Waals surface area contributed by atoms with E-state index in [4.69, 9.17) is 25.0 Å². The highest BCUT2D eigenvalue weighted by molar-refractivity contribution is 5.81. The first-order chi connectivity index (χ1) is 14.0. The van der Waals surface area contributed by atoms with Crippen LogP contribution in [0.1, 0.15) is 45.6 Å². The number of nitrogens with one attached hydrogen (secondary N) is 1. The summed E-state index contributed by atoms with van der Waals surface area (Å²) in [6.45, 7) is 6.76. The van der Waals surface area contributed by atoms with Crippen molar-refractivity contribution in [2.75, 3.05) is 26.4 Å². The third-order valence-electron chi connectivity index (χ3n) is 4.04. The third-order valence-corrected chi connectivity index (χ3v) is 4.04. The number of hydrogen-bond acceptors (Lipinski definition) is 7. The van der Waals surface area contributed by atoms with Crippen LogP contribution >= 0.6 is 0 Å². The van der Waals surface area contributed by atoms with Crippen LogP contribution < -0.4 is 15.8 Å². The predicted octanol–water partition coefficient (Wildman–Crippen LogP) is 2.14. The Labute approximate surface area is 173 Å². The van der Waals surface area contributed by atoms with E-state index in [0.717, 1.165) is 24.8 Å². The van der Waals surface area contributed by atoms with E-state index in [2.05, 4.69) is 12.2 Å². The van der Waals surface area contributed by atoms with Gasteiger partial charge in [-0.25, -0.2) is 14.6 Å². The van der Waals surface area contributed by atoms with Gasteiger partial charge in [-0.05, 0) is 44.4 Å². The average molecular weight is 411 g/mol. The van der Waals surface area contributed by atoms with Gasteiger partial charge in [0.1, 0.15) is 12.4 Å². The van der Waals surface area contributed by atoms with Crippen molar-refractivity contribution in [3.8, 4) is 5.75 Å². The van der Waals surface area contributed by atoms with E-state index in [1.165, 1.54) is 0 Å². The molecule has 0 saturated carbocycles. The Morgan fingerprint density at radius 3 is 2.38 bits per heavy atom. The van der Waals surface area contributed by atoms with E-state index in [9.17, 15) is 9.59 Å². The number of amides is 1. The fourth-order valence-corrected chi connectivity index (χ4v) is 2.51. The highest BCUT2D eigenvalue weighted by atomic mass is 17.2. The van der Waals surface area contributed by atoms with E-state index >= 15 is 0 Å². The van der Waals surface area contributed by atoms with Gasteiger partial charge in [-0.15, -0.1) is 0 Å². The number of carbonyl (C=O) groups is 2. The van der Waals surface area contributed by atoms with Crippen molar-refractivity contribution in [1.82, 2.24) is 5.32 Å². The highest BCUT2D eigenvalue weighted by Crippen LogP contribution is 2.16.